The Labute approximate surface area is 96.1 Å². The van der Waals surface area contributed by atoms with E-state index >= 15 is 0 Å². The molecule has 0 radical (unpaired) electrons. The third-order valence-electron chi connectivity index (χ3n) is 2.11. The van der Waals surface area contributed by atoms with Crippen molar-refractivity contribution < 1.29 is 9.32 Å². The molecule has 0 aromatic rings. The maximum Gasteiger partial charge on any atom is 0.0779 e. The Morgan fingerprint density at radius 1 is 1.40 bits per heavy atom. The predicted molar refractivity (Wildman–Crippen MR) is 66.5 cm³/mol. The largest absolute Gasteiger partial charge is 0.391 e. The van der Waals surface area contributed by atoms with Crippen LogP contribution in [0.5, 0.6) is 0 Å². The van der Waals surface area contributed by atoms with E-state index in [0.29, 0.717) is 24.0 Å². The molecule has 0 aromatic heterocycles. The number of aliphatic hydroxyl groups excluding tert-OH is 1. The van der Waals surface area contributed by atoms with Gasteiger partial charge in [0.2, 0.25) is 0 Å². The molecule has 0 saturated heterocycles. The quantitative estimate of drug-likeness (QED) is 0.589. The molecule has 0 fully saturated rings. The Hall–Kier alpha value is 0.0700. The van der Waals surface area contributed by atoms with Gasteiger partial charge in [0, 0.05) is 23.1 Å². The molecule has 0 heterocycles. The minimum atomic E-state index is -0.866. The Morgan fingerprint density at radius 2 is 2.07 bits per heavy atom. The maximum atomic E-state index is 11.5. The van der Waals surface area contributed by atoms with Crippen LogP contribution in [0.3, 0.4) is 0 Å². The molecule has 3 nitrogen and oxygen atoms in total. The molecule has 2 atom stereocenters. The van der Waals surface area contributed by atoms with Crippen molar-refractivity contribution in [1.29, 1.82) is 0 Å². The van der Waals surface area contributed by atoms with Gasteiger partial charge >= 0.3 is 0 Å². The van der Waals surface area contributed by atoms with Crippen LogP contribution in [0, 0.1) is 5.92 Å². The minimum absolute atomic E-state index is 0.406. The lowest BCUT2D eigenvalue weighted by molar-refractivity contribution is 0.195. The molecule has 0 aliphatic rings. The fourth-order valence-corrected chi connectivity index (χ4v) is 2.62. The first-order valence-corrected chi connectivity index (χ1v) is 7.28. The SMILES string of the molecule is CCCNCC(O)CS(=O)CCC(C)C. The van der Waals surface area contributed by atoms with Crippen LogP contribution in [0.25, 0.3) is 0 Å². The van der Waals surface area contributed by atoms with Crippen molar-refractivity contribution in [2.24, 2.45) is 5.92 Å². The molecular formula is C11H25NO2S. The van der Waals surface area contributed by atoms with Crippen LogP contribution in [0.4, 0.5) is 0 Å². The zero-order valence-electron chi connectivity index (χ0n) is 10.2. The van der Waals surface area contributed by atoms with E-state index in [1.807, 2.05) is 0 Å². The van der Waals surface area contributed by atoms with E-state index < -0.39 is 16.9 Å². The summed E-state index contributed by atoms with van der Waals surface area (Å²) < 4.78 is 11.5. The third kappa shape index (κ3) is 10.4. The van der Waals surface area contributed by atoms with E-state index in [2.05, 4.69) is 26.1 Å². The van der Waals surface area contributed by atoms with E-state index in [9.17, 15) is 9.32 Å². The molecule has 0 aliphatic carbocycles. The summed E-state index contributed by atoms with van der Waals surface area (Å²) in [6, 6.07) is 0. The van der Waals surface area contributed by atoms with E-state index in [1.54, 1.807) is 0 Å². The molecule has 0 rings (SSSR count). The summed E-state index contributed by atoms with van der Waals surface area (Å²) in [5.74, 6) is 1.70. The lowest BCUT2D eigenvalue weighted by atomic mass is 10.2. The Morgan fingerprint density at radius 3 is 2.60 bits per heavy atom. The van der Waals surface area contributed by atoms with E-state index in [-0.39, 0.29) is 0 Å². The van der Waals surface area contributed by atoms with Gasteiger partial charge in [-0.2, -0.15) is 0 Å². The maximum absolute atomic E-state index is 11.5. The van der Waals surface area contributed by atoms with Crippen molar-refractivity contribution >= 4 is 10.8 Å². The van der Waals surface area contributed by atoms with Gasteiger partial charge in [0.1, 0.15) is 0 Å². The average Bonchev–Trinajstić information content (AvgIpc) is 2.15. The zero-order chi connectivity index (χ0) is 11.7. The van der Waals surface area contributed by atoms with Gasteiger partial charge in [-0.25, -0.2) is 0 Å². The first kappa shape index (κ1) is 15.1. The van der Waals surface area contributed by atoms with Crippen LogP contribution in [-0.2, 0) is 10.8 Å². The molecule has 15 heavy (non-hydrogen) atoms. The number of rotatable bonds is 9. The molecular weight excluding hydrogens is 210 g/mol. The smallest absolute Gasteiger partial charge is 0.0779 e. The van der Waals surface area contributed by atoms with Crippen molar-refractivity contribution in [1.82, 2.24) is 5.32 Å². The zero-order valence-corrected chi connectivity index (χ0v) is 11.0. The summed E-state index contributed by atoms with van der Waals surface area (Å²) in [5.41, 5.74) is 0. The standard InChI is InChI=1S/C11H25NO2S/c1-4-6-12-8-11(13)9-15(14)7-5-10(2)3/h10-13H,4-9H2,1-3H3. The lowest BCUT2D eigenvalue weighted by Gasteiger charge is -2.11. The number of nitrogens with one attached hydrogen (secondary N) is 1. The van der Waals surface area contributed by atoms with Gasteiger partial charge in [-0.3, -0.25) is 4.21 Å². The number of hydrogen-bond donors (Lipinski definition) is 2. The number of hydrogen-bond acceptors (Lipinski definition) is 3. The molecule has 0 bridgehead atoms. The molecule has 92 valence electrons. The van der Waals surface area contributed by atoms with Gasteiger partial charge in [0.25, 0.3) is 0 Å². The molecule has 0 aliphatic heterocycles. The lowest BCUT2D eigenvalue weighted by Crippen LogP contribution is -2.31. The van der Waals surface area contributed by atoms with Crippen LogP contribution in [0.1, 0.15) is 33.6 Å². The average molecular weight is 235 g/mol. The Balaban J connectivity index is 3.49. The molecule has 0 saturated carbocycles. The van der Waals surface area contributed by atoms with Crippen molar-refractivity contribution in [2.45, 2.75) is 39.7 Å². The van der Waals surface area contributed by atoms with Crippen LogP contribution < -0.4 is 5.32 Å². The fourth-order valence-electron chi connectivity index (χ4n) is 1.17. The van der Waals surface area contributed by atoms with Gasteiger partial charge in [0.15, 0.2) is 0 Å². The summed E-state index contributed by atoms with van der Waals surface area (Å²) in [6.45, 7) is 7.80. The molecule has 0 amide bonds. The van der Waals surface area contributed by atoms with Gasteiger partial charge in [-0.15, -0.1) is 0 Å². The van der Waals surface area contributed by atoms with Crippen LogP contribution >= 0.6 is 0 Å². The normalized spacial score (nSPS) is 15.5. The summed E-state index contributed by atoms with van der Waals surface area (Å²) in [7, 11) is -0.866. The van der Waals surface area contributed by atoms with E-state index in [1.165, 1.54) is 0 Å². The molecule has 2 unspecified atom stereocenters. The second-order valence-corrected chi connectivity index (χ2v) is 5.97. The van der Waals surface area contributed by atoms with Gasteiger partial charge in [0.05, 0.1) is 11.9 Å². The Kier molecular flexibility index (Phi) is 9.35. The highest BCUT2D eigenvalue weighted by molar-refractivity contribution is 7.85. The van der Waals surface area contributed by atoms with Gasteiger partial charge in [-0.1, -0.05) is 20.8 Å². The highest BCUT2D eigenvalue weighted by atomic mass is 32.2. The van der Waals surface area contributed by atoms with Crippen molar-refractivity contribution in [2.75, 3.05) is 24.6 Å². The van der Waals surface area contributed by atoms with Gasteiger partial charge in [-0.05, 0) is 25.3 Å². The van der Waals surface area contributed by atoms with Gasteiger partial charge < -0.3 is 10.4 Å². The second-order valence-electron chi connectivity index (χ2n) is 4.35. The monoisotopic (exact) mass is 235 g/mol. The molecule has 0 aromatic carbocycles. The molecule has 0 spiro atoms. The highest BCUT2D eigenvalue weighted by Gasteiger charge is 2.09. The van der Waals surface area contributed by atoms with E-state index in [4.69, 9.17) is 0 Å². The fraction of sp³-hybridized carbons (Fsp3) is 1.00. The predicted octanol–water partition coefficient (Wildman–Crippen LogP) is 1.14. The summed E-state index contributed by atoms with van der Waals surface area (Å²) in [4.78, 5) is 0. The van der Waals surface area contributed by atoms with Crippen molar-refractivity contribution in [3.05, 3.63) is 0 Å². The Bertz CT molecular complexity index is 174. The second kappa shape index (κ2) is 9.31. The summed E-state index contributed by atoms with van der Waals surface area (Å²) in [6.07, 6.45) is 1.56. The molecule has 2 N–H and O–H groups in total. The summed E-state index contributed by atoms with van der Waals surface area (Å²) in [5, 5.41) is 12.7. The summed E-state index contributed by atoms with van der Waals surface area (Å²) >= 11 is 0. The number of aliphatic hydroxyl groups is 1. The highest BCUT2D eigenvalue weighted by Crippen LogP contribution is 2.01. The topological polar surface area (TPSA) is 49.3 Å². The van der Waals surface area contributed by atoms with Crippen molar-refractivity contribution in [3.63, 3.8) is 0 Å². The first-order valence-electron chi connectivity index (χ1n) is 5.80. The van der Waals surface area contributed by atoms with Crippen LogP contribution in [0.15, 0.2) is 0 Å². The van der Waals surface area contributed by atoms with E-state index in [0.717, 1.165) is 19.4 Å². The van der Waals surface area contributed by atoms with Crippen molar-refractivity contribution in [3.8, 4) is 0 Å². The minimum Gasteiger partial charge on any atom is -0.391 e. The van der Waals surface area contributed by atoms with Crippen LogP contribution in [-0.4, -0.2) is 40.0 Å². The first-order chi connectivity index (χ1) is 7.06. The van der Waals surface area contributed by atoms with Crippen LogP contribution in [0.2, 0.25) is 0 Å². The molecule has 4 heteroatoms. The third-order valence-corrected chi connectivity index (χ3v) is 3.56.